The fourth-order valence-electron chi connectivity index (χ4n) is 2.52. The van der Waals surface area contributed by atoms with E-state index in [0.717, 1.165) is 34.6 Å². The Morgan fingerprint density at radius 1 is 1.43 bits per heavy atom. The summed E-state index contributed by atoms with van der Waals surface area (Å²) in [6.45, 7) is 2.87. The van der Waals surface area contributed by atoms with Gasteiger partial charge in [-0.1, -0.05) is 0 Å². The fourth-order valence-corrected chi connectivity index (χ4v) is 3.10. The summed E-state index contributed by atoms with van der Waals surface area (Å²) in [4.78, 5) is 14.2. The van der Waals surface area contributed by atoms with Crippen molar-refractivity contribution >= 4 is 22.2 Å². The van der Waals surface area contributed by atoms with Crippen molar-refractivity contribution < 1.29 is 9.47 Å². The van der Waals surface area contributed by atoms with E-state index in [1.54, 1.807) is 29.2 Å². The summed E-state index contributed by atoms with van der Waals surface area (Å²) in [5.41, 5.74) is 3.49. The molecule has 4 rings (SSSR count). The van der Waals surface area contributed by atoms with Crippen LogP contribution < -0.4 is 10.1 Å². The standard InChI is InChI=1S/C16H16N4O2S/c1-2-12-13(19-3-1)6-14(15-8-18-10-23-15)20-16(12)22-9-11-7-17-4-5-21-11/h1-3,6,8,10-11,17H,4-5,7,9H2/t11-/m0/s1. The highest BCUT2D eigenvalue weighted by atomic mass is 32.1. The molecule has 3 aromatic heterocycles. The molecule has 118 valence electrons. The van der Waals surface area contributed by atoms with Crippen LogP contribution in [0.1, 0.15) is 0 Å². The van der Waals surface area contributed by atoms with Crippen LogP contribution in [0.15, 0.2) is 36.1 Å². The molecule has 0 spiro atoms. The Kier molecular flexibility index (Phi) is 4.14. The summed E-state index contributed by atoms with van der Waals surface area (Å²) < 4.78 is 11.6. The Balaban J connectivity index is 1.66. The molecule has 1 atom stereocenters. The molecule has 1 saturated heterocycles. The molecule has 0 saturated carbocycles. The maximum absolute atomic E-state index is 5.97. The normalized spacial score (nSPS) is 18.2. The number of thiazole rings is 1. The number of morpholine rings is 1. The lowest BCUT2D eigenvalue weighted by Gasteiger charge is -2.23. The van der Waals surface area contributed by atoms with Crippen LogP contribution >= 0.6 is 11.3 Å². The molecule has 4 heterocycles. The first-order chi connectivity index (χ1) is 11.4. The number of nitrogens with zero attached hydrogens (tertiary/aromatic N) is 3. The van der Waals surface area contributed by atoms with Crippen molar-refractivity contribution in [1.82, 2.24) is 20.3 Å². The molecular formula is C16H16N4O2S. The first-order valence-corrected chi connectivity index (χ1v) is 8.38. The van der Waals surface area contributed by atoms with E-state index in [0.29, 0.717) is 19.1 Å². The summed E-state index contributed by atoms with van der Waals surface area (Å²) in [7, 11) is 0. The third-order valence-corrected chi connectivity index (χ3v) is 4.46. The first kappa shape index (κ1) is 14.5. The Morgan fingerprint density at radius 3 is 3.26 bits per heavy atom. The lowest BCUT2D eigenvalue weighted by atomic mass is 10.2. The van der Waals surface area contributed by atoms with Gasteiger partial charge in [0.1, 0.15) is 12.7 Å². The molecule has 3 aromatic rings. The second-order valence-electron chi connectivity index (χ2n) is 5.26. The maximum Gasteiger partial charge on any atom is 0.223 e. The zero-order valence-corrected chi connectivity index (χ0v) is 13.3. The molecule has 0 aliphatic carbocycles. The molecule has 1 fully saturated rings. The highest BCUT2D eigenvalue weighted by Gasteiger charge is 2.16. The lowest BCUT2D eigenvalue weighted by molar-refractivity contribution is -0.000365. The van der Waals surface area contributed by atoms with Crippen molar-refractivity contribution in [2.45, 2.75) is 6.10 Å². The van der Waals surface area contributed by atoms with E-state index >= 15 is 0 Å². The van der Waals surface area contributed by atoms with Gasteiger partial charge in [0.25, 0.3) is 0 Å². The van der Waals surface area contributed by atoms with Crippen LogP contribution in [0, 0.1) is 0 Å². The number of hydrogen-bond donors (Lipinski definition) is 1. The summed E-state index contributed by atoms with van der Waals surface area (Å²) in [6.07, 6.45) is 3.63. The molecule has 0 unspecified atom stereocenters. The summed E-state index contributed by atoms with van der Waals surface area (Å²) >= 11 is 1.55. The zero-order chi connectivity index (χ0) is 15.5. The third-order valence-electron chi connectivity index (χ3n) is 3.66. The van der Waals surface area contributed by atoms with Crippen LogP contribution in [0.3, 0.4) is 0 Å². The summed E-state index contributed by atoms with van der Waals surface area (Å²) in [6, 6.07) is 5.83. The molecule has 1 aliphatic rings. The summed E-state index contributed by atoms with van der Waals surface area (Å²) in [5.74, 6) is 0.591. The second-order valence-corrected chi connectivity index (χ2v) is 6.14. The van der Waals surface area contributed by atoms with Gasteiger partial charge >= 0.3 is 0 Å². The van der Waals surface area contributed by atoms with Crippen LogP contribution in [0.25, 0.3) is 21.5 Å². The molecule has 0 radical (unpaired) electrons. The van der Waals surface area contributed by atoms with E-state index in [1.807, 2.05) is 18.2 Å². The highest BCUT2D eigenvalue weighted by Crippen LogP contribution is 2.29. The van der Waals surface area contributed by atoms with Gasteiger partial charge in [-0.3, -0.25) is 9.97 Å². The minimum absolute atomic E-state index is 0.0457. The molecule has 6 nitrogen and oxygen atoms in total. The van der Waals surface area contributed by atoms with E-state index in [1.165, 1.54) is 0 Å². The molecule has 0 aromatic carbocycles. The van der Waals surface area contributed by atoms with Crippen LogP contribution in [0.2, 0.25) is 0 Å². The fraction of sp³-hybridized carbons (Fsp3) is 0.312. The SMILES string of the molecule is c1cnc2cc(-c3cncs3)nc(OC[C@@H]3CNCCO3)c2c1. The number of ether oxygens (including phenoxy) is 2. The molecule has 1 aliphatic heterocycles. The van der Waals surface area contributed by atoms with Crippen LogP contribution in [-0.2, 0) is 4.74 Å². The zero-order valence-electron chi connectivity index (χ0n) is 12.4. The van der Waals surface area contributed by atoms with Gasteiger partial charge in [0.05, 0.1) is 33.6 Å². The van der Waals surface area contributed by atoms with Gasteiger partial charge in [-0.25, -0.2) is 4.98 Å². The number of hydrogen-bond acceptors (Lipinski definition) is 7. The number of nitrogens with one attached hydrogen (secondary N) is 1. The minimum atomic E-state index is 0.0457. The largest absolute Gasteiger partial charge is 0.474 e. The quantitative estimate of drug-likeness (QED) is 0.791. The van der Waals surface area contributed by atoms with Crippen molar-refractivity contribution in [3.63, 3.8) is 0 Å². The number of fused-ring (bicyclic) bond motifs is 1. The van der Waals surface area contributed by atoms with Crippen molar-refractivity contribution in [2.24, 2.45) is 0 Å². The third kappa shape index (κ3) is 3.17. The smallest absolute Gasteiger partial charge is 0.223 e. The maximum atomic E-state index is 5.97. The lowest BCUT2D eigenvalue weighted by Crippen LogP contribution is -2.41. The molecule has 0 amide bonds. The van der Waals surface area contributed by atoms with Crippen LogP contribution in [-0.4, -0.2) is 47.4 Å². The monoisotopic (exact) mass is 328 g/mol. The van der Waals surface area contributed by atoms with Gasteiger partial charge in [0, 0.05) is 25.5 Å². The van der Waals surface area contributed by atoms with Crippen molar-refractivity contribution in [1.29, 1.82) is 0 Å². The molecule has 23 heavy (non-hydrogen) atoms. The van der Waals surface area contributed by atoms with Crippen molar-refractivity contribution in [3.8, 4) is 16.5 Å². The predicted octanol–water partition coefficient (Wildman–Crippen LogP) is 2.12. The van der Waals surface area contributed by atoms with Gasteiger partial charge in [0.15, 0.2) is 0 Å². The van der Waals surface area contributed by atoms with E-state index in [-0.39, 0.29) is 6.10 Å². The average molecular weight is 328 g/mol. The minimum Gasteiger partial charge on any atom is -0.474 e. The number of pyridine rings is 2. The van der Waals surface area contributed by atoms with Gasteiger partial charge in [-0.05, 0) is 18.2 Å². The first-order valence-electron chi connectivity index (χ1n) is 7.50. The Bertz CT molecular complexity index is 788. The van der Waals surface area contributed by atoms with E-state index < -0.39 is 0 Å². The predicted molar refractivity (Wildman–Crippen MR) is 88.8 cm³/mol. The van der Waals surface area contributed by atoms with Gasteiger partial charge in [-0.15, -0.1) is 11.3 Å². The average Bonchev–Trinajstić information content (AvgIpc) is 3.15. The van der Waals surface area contributed by atoms with Crippen molar-refractivity contribution in [2.75, 3.05) is 26.3 Å². The van der Waals surface area contributed by atoms with E-state index in [9.17, 15) is 0 Å². The second kappa shape index (κ2) is 6.57. The molecule has 0 bridgehead atoms. The summed E-state index contributed by atoms with van der Waals surface area (Å²) in [5, 5.41) is 4.20. The number of aromatic nitrogens is 3. The molecule has 7 heteroatoms. The molecule has 1 N–H and O–H groups in total. The highest BCUT2D eigenvalue weighted by molar-refractivity contribution is 7.13. The molecular weight excluding hydrogens is 312 g/mol. The number of rotatable bonds is 4. The topological polar surface area (TPSA) is 69.2 Å². The van der Waals surface area contributed by atoms with E-state index in [4.69, 9.17) is 9.47 Å². The Morgan fingerprint density at radius 2 is 2.43 bits per heavy atom. The Labute approximate surface area is 137 Å². The van der Waals surface area contributed by atoms with Crippen molar-refractivity contribution in [3.05, 3.63) is 36.1 Å². The van der Waals surface area contributed by atoms with Crippen LogP contribution in [0.5, 0.6) is 5.88 Å². The van der Waals surface area contributed by atoms with Crippen LogP contribution in [0.4, 0.5) is 0 Å². The van der Waals surface area contributed by atoms with E-state index in [2.05, 4.69) is 20.3 Å². The van der Waals surface area contributed by atoms with Gasteiger partial charge < -0.3 is 14.8 Å². The Hall–Kier alpha value is -2.09. The van der Waals surface area contributed by atoms with Gasteiger partial charge in [0.2, 0.25) is 5.88 Å². The van der Waals surface area contributed by atoms with Gasteiger partial charge in [-0.2, -0.15) is 0 Å².